The van der Waals surface area contributed by atoms with Crippen LogP contribution >= 0.6 is 11.6 Å². The van der Waals surface area contributed by atoms with Crippen molar-refractivity contribution in [1.29, 1.82) is 0 Å². The number of rotatable bonds is 5. The fraction of sp³-hybridized carbons (Fsp3) is 0.471. The number of nitrogens with zero attached hydrogens (tertiary/aromatic N) is 3. The normalized spacial score (nSPS) is 16.8. The zero-order chi connectivity index (χ0) is 15.4. The van der Waals surface area contributed by atoms with E-state index < -0.39 is 0 Å². The van der Waals surface area contributed by atoms with Gasteiger partial charge in [0.05, 0.1) is 5.02 Å². The van der Waals surface area contributed by atoms with Gasteiger partial charge in [-0.2, -0.15) is 5.10 Å². The molecule has 0 atom stereocenters. The molecule has 118 valence electrons. The number of halogens is 1. The van der Waals surface area contributed by atoms with E-state index in [4.69, 9.17) is 16.3 Å². The molecule has 0 bridgehead atoms. The Morgan fingerprint density at radius 3 is 2.68 bits per heavy atom. The van der Waals surface area contributed by atoms with E-state index in [1.54, 1.807) is 0 Å². The molecule has 1 fully saturated rings. The van der Waals surface area contributed by atoms with Crippen molar-refractivity contribution < 1.29 is 4.74 Å². The number of benzene rings is 1. The molecule has 0 saturated carbocycles. The standard InChI is InChI=1S/C17H22ClN3O/c1-20-16(6-9-19-20)14-7-10-21(11-8-14)12-13-22-17-5-3-2-4-15(17)18/h2-6,9,14H,7-8,10-13H2,1H3. The number of hydrogen-bond acceptors (Lipinski definition) is 3. The number of piperidine rings is 1. The van der Waals surface area contributed by atoms with E-state index >= 15 is 0 Å². The van der Waals surface area contributed by atoms with E-state index in [2.05, 4.69) is 16.1 Å². The lowest BCUT2D eigenvalue weighted by molar-refractivity contribution is 0.171. The molecule has 0 radical (unpaired) electrons. The predicted octanol–water partition coefficient (Wildman–Crippen LogP) is 3.33. The molecular weight excluding hydrogens is 298 g/mol. The molecule has 1 saturated heterocycles. The van der Waals surface area contributed by atoms with E-state index in [1.807, 2.05) is 42.2 Å². The van der Waals surface area contributed by atoms with Crippen molar-refractivity contribution in [3.63, 3.8) is 0 Å². The number of ether oxygens (including phenoxy) is 1. The molecule has 4 nitrogen and oxygen atoms in total. The Kier molecular flexibility index (Phi) is 5.01. The van der Waals surface area contributed by atoms with Crippen LogP contribution in [-0.4, -0.2) is 40.9 Å². The van der Waals surface area contributed by atoms with Crippen molar-refractivity contribution in [2.24, 2.45) is 7.05 Å². The second-order valence-electron chi connectivity index (χ2n) is 5.77. The summed E-state index contributed by atoms with van der Waals surface area (Å²) in [7, 11) is 2.03. The van der Waals surface area contributed by atoms with E-state index in [0.717, 1.165) is 25.4 Å². The van der Waals surface area contributed by atoms with Crippen LogP contribution in [-0.2, 0) is 7.05 Å². The van der Waals surface area contributed by atoms with Gasteiger partial charge in [-0.1, -0.05) is 23.7 Å². The predicted molar refractivity (Wildman–Crippen MR) is 88.6 cm³/mol. The summed E-state index contributed by atoms with van der Waals surface area (Å²) in [5, 5.41) is 4.95. The number of hydrogen-bond donors (Lipinski definition) is 0. The minimum Gasteiger partial charge on any atom is -0.491 e. The average Bonchev–Trinajstić information content (AvgIpc) is 2.96. The largest absolute Gasteiger partial charge is 0.491 e. The molecule has 1 aliphatic heterocycles. The molecule has 0 aliphatic carbocycles. The first-order valence-corrected chi connectivity index (χ1v) is 8.19. The Morgan fingerprint density at radius 2 is 2.00 bits per heavy atom. The molecule has 2 aromatic rings. The average molecular weight is 320 g/mol. The van der Waals surface area contributed by atoms with Crippen LogP contribution in [0.25, 0.3) is 0 Å². The van der Waals surface area contributed by atoms with Crippen LogP contribution in [0.4, 0.5) is 0 Å². The molecular formula is C17H22ClN3O. The minimum atomic E-state index is 0.633. The summed E-state index contributed by atoms with van der Waals surface area (Å²) in [5.41, 5.74) is 1.35. The number of aryl methyl sites for hydroxylation is 1. The maximum atomic E-state index is 6.09. The van der Waals surface area contributed by atoms with Crippen LogP contribution in [0.3, 0.4) is 0 Å². The van der Waals surface area contributed by atoms with Crippen LogP contribution < -0.4 is 4.74 Å². The van der Waals surface area contributed by atoms with E-state index in [1.165, 1.54) is 18.5 Å². The summed E-state index contributed by atoms with van der Waals surface area (Å²) < 4.78 is 7.77. The summed E-state index contributed by atoms with van der Waals surface area (Å²) in [4.78, 5) is 2.46. The van der Waals surface area contributed by atoms with Gasteiger partial charge in [0.15, 0.2) is 0 Å². The van der Waals surface area contributed by atoms with E-state index in [9.17, 15) is 0 Å². The summed E-state index contributed by atoms with van der Waals surface area (Å²) in [6.07, 6.45) is 4.26. The van der Waals surface area contributed by atoms with Gasteiger partial charge in [-0.25, -0.2) is 0 Å². The molecule has 0 amide bonds. The third-order valence-electron chi connectivity index (χ3n) is 4.37. The van der Waals surface area contributed by atoms with Crippen molar-refractivity contribution >= 4 is 11.6 Å². The fourth-order valence-electron chi connectivity index (χ4n) is 3.08. The van der Waals surface area contributed by atoms with E-state index in [-0.39, 0.29) is 0 Å². The lowest BCUT2D eigenvalue weighted by Gasteiger charge is -2.31. The molecule has 3 rings (SSSR count). The summed E-state index contributed by atoms with van der Waals surface area (Å²) in [6, 6.07) is 9.77. The maximum Gasteiger partial charge on any atom is 0.137 e. The van der Waals surface area contributed by atoms with Crippen molar-refractivity contribution in [3.8, 4) is 5.75 Å². The lowest BCUT2D eigenvalue weighted by atomic mass is 9.93. The zero-order valence-corrected chi connectivity index (χ0v) is 13.7. The topological polar surface area (TPSA) is 30.3 Å². The van der Waals surface area contributed by atoms with E-state index in [0.29, 0.717) is 17.5 Å². The molecule has 2 heterocycles. The third-order valence-corrected chi connectivity index (χ3v) is 4.68. The van der Waals surface area contributed by atoms with Gasteiger partial charge in [-0.3, -0.25) is 9.58 Å². The Hall–Kier alpha value is -1.52. The maximum absolute atomic E-state index is 6.09. The van der Waals surface area contributed by atoms with Crippen LogP contribution in [0.15, 0.2) is 36.5 Å². The first-order chi connectivity index (χ1) is 10.7. The van der Waals surface area contributed by atoms with Gasteiger partial charge < -0.3 is 4.74 Å². The highest BCUT2D eigenvalue weighted by Gasteiger charge is 2.22. The Morgan fingerprint density at radius 1 is 1.23 bits per heavy atom. The molecule has 1 aliphatic rings. The van der Waals surface area contributed by atoms with Crippen molar-refractivity contribution in [2.75, 3.05) is 26.2 Å². The SMILES string of the molecule is Cn1nccc1C1CCN(CCOc2ccccc2Cl)CC1. The third kappa shape index (κ3) is 3.62. The highest BCUT2D eigenvalue weighted by molar-refractivity contribution is 6.32. The van der Waals surface area contributed by atoms with Crippen molar-refractivity contribution in [1.82, 2.24) is 14.7 Å². The minimum absolute atomic E-state index is 0.633. The first kappa shape index (κ1) is 15.4. The quantitative estimate of drug-likeness (QED) is 0.847. The molecule has 1 aromatic carbocycles. The van der Waals surface area contributed by atoms with Gasteiger partial charge in [0.25, 0.3) is 0 Å². The van der Waals surface area contributed by atoms with Gasteiger partial charge in [0.1, 0.15) is 12.4 Å². The van der Waals surface area contributed by atoms with Gasteiger partial charge in [-0.15, -0.1) is 0 Å². The highest BCUT2D eigenvalue weighted by atomic mass is 35.5. The van der Waals surface area contributed by atoms with Crippen LogP contribution in [0, 0.1) is 0 Å². The van der Waals surface area contributed by atoms with Crippen LogP contribution in [0.2, 0.25) is 5.02 Å². The number of aromatic nitrogens is 2. The fourth-order valence-corrected chi connectivity index (χ4v) is 3.27. The van der Waals surface area contributed by atoms with Crippen molar-refractivity contribution in [2.45, 2.75) is 18.8 Å². The second-order valence-corrected chi connectivity index (χ2v) is 6.18. The molecule has 0 spiro atoms. The Labute approximate surface area is 136 Å². The van der Waals surface area contributed by atoms with Crippen LogP contribution in [0.5, 0.6) is 5.75 Å². The van der Waals surface area contributed by atoms with Gasteiger partial charge >= 0.3 is 0 Å². The molecule has 0 N–H and O–H groups in total. The zero-order valence-electron chi connectivity index (χ0n) is 12.9. The van der Waals surface area contributed by atoms with Crippen LogP contribution in [0.1, 0.15) is 24.5 Å². The molecule has 1 aromatic heterocycles. The molecule has 22 heavy (non-hydrogen) atoms. The van der Waals surface area contributed by atoms with Gasteiger partial charge in [0, 0.05) is 31.4 Å². The summed E-state index contributed by atoms with van der Waals surface area (Å²) >= 11 is 6.09. The Bertz CT molecular complexity index is 605. The molecule has 0 unspecified atom stereocenters. The summed E-state index contributed by atoms with van der Waals surface area (Å²) in [5.74, 6) is 1.40. The first-order valence-electron chi connectivity index (χ1n) is 7.81. The monoisotopic (exact) mass is 319 g/mol. The highest BCUT2D eigenvalue weighted by Crippen LogP contribution is 2.27. The second kappa shape index (κ2) is 7.16. The Balaban J connectivity index is 1.43. The molecule has 5 heteroatoms. The van der Waals surface area contributed by atoms with Gasteiger partial charge in [-0.05, 0) is 44.1 Å². The summed E-state index contributed by atoms with van der Waals surface area (Å²) in [6.45, 7) is 3.85. The smallest absolute Gasteiger partial charge is 0.137 e. The van der Waals surface area contributed by atoms with Crippen molar-refractivity contribution in [3.05, 3.63) is 47.2 Å². The van der Waals surface area contributed by atoms with Gasteiger partial charge in [0.2, 0.25) is 0 Å². The number of para-hydroxylation sites is 1. The number of likely N-dealkylation sites (tertiary alicyclic amines) is 1. The lowest BCUT2D eigenvalue weighted by Crippen LogP contribution is -2.36.